The van der Waals surface area contributed by atoms with Crippen LogP contribution in [0.3, 0.4) is 0 Å². The molecule has 2 aliphatic heterocycles. The van der Waals surface area contributed by atoms with Crippen LogP contribution in [0.15, 0.2) is 48.0 Å². The summed E-state index contributed by atoms with van der Waals surface area (Å²) in [6, 6.07) is 6.12. The van der Waals surface area contributed by atoms with E-state index in [1.807, 2.05) is 0 Å². The summed E-state index contributed by atoms with van der Waals surface area (Å²) in [6.45, 7) is 2.82. The number of likely N-dealkylation sites (tertiary alicyclic amines) is 1. The Kier molecular flexibility index (Phi) is 8.54. The SMILES string of the molecule is Cc1c(F)cccc1NC(=S)C1=C(OCc2ccncc2OC[C@H]2CCCCN2C(=O)O)CCNC1=O. The largest absolute Gasteiger partial charge is 0.492 e. The second kappa shape index (κ2) is 12.0. The Balaban J connectivity index is 1.47. The zero-order chi connectivity index (χ0) is 26.4. The molecule has 2 aromatic rings. The zero-order valence-electron chi connectivity index (χ0n) is 20.5. The van der Waals surface area contributed by atoms with Crippen LogP contribution < -0.4 is 15.4 Å². The van der Waals surface area contributed by atoms with Crippen LogP contribution in [0.5, 0.6) is 5.75 Å². The van der Waals surface area contributed by atoms with Crippen LogP contribution in [0.1, 0.15) is 36.8 Å². The van der Waals surface area contributed by atoms with Gasteiger partial charge in [0.05, 0.1) is 12.2 Å². The first-order valence-corrected chi connectivity index (χ1v) is 12.5. The van der Waals surface area contributed by atoms with Gasteiger partial charge in [0, 0.05) is 42.5 Å². The molecule has 11 heteroatoms. The number of anilines is 1. The molecule has 37 heavy (non-hydrogen) atoms. The standard InChI is InChI=1S/C26H29FN4O5S/c1-16-19(27)6-4-7-20(16)30-25(37)23-21(9-11-29-24(23)32)35-14-17-8-10-28-13-22(17)36-15-18-5-2-3-12-31(18)26(33)34/h4,6-8,10,13,18H,2-3,5,9,11-12,14-15H2,1H3,(H,29,32)(H,30,37)(H,33,34)/t18-/m1/s1. The maximum absolute atomic E-state index is 14.0. The van der Waals surface area contributed by atoms with Crippen LogP contribution in [-0.4, -0.2) is 57.7 Å². The van der Waals surface area contributed by atoms with E-state index in [-0.39, 0.29) is 41.5 Å². The Morgan fingerprint density at radius 1 is 1.32 bits per heavy atom. The summed E-state index contributed by atoms with van der Waals surface area (Å²) >= 11 is 5.50. The van der Waals surface area contributed by atoms with Gasteiger partial charge in [0.15, 0.2) is 0 Å². The molecule has 1 saturated heterocycles. The van der Waals surface area contributed by atoms with Crippen molar-refractivity contribution in [2.45, 2.75) is 45.3 Å². The van der Waals surface area contributed by atoms with E-state index >= 15 is 0 Å². The predicted molar refractivity (Wildman–Crippen MR) is 139 cm³/mol. The maximum atomic E-state index is 14.0. The van der Waals surface area contributed by atoms with Gasteiger partial charge in [0.25, 0.3) is 5.91 Å². The van der Waals surface area contributed by atoms with Gasteiger partial charge < -0.3 is 30.1 Å². The van der Waals surface area contributed by atoms with E-state index in [2.05, 4.69) is 15.6 Å². The molecule has 3 N–H and O–H groups in total. The van der Waals surface area contributed by atoms with E-state index in [0.717, 1.165) is 19.3 Å². The summed E-state index contributed by atoms with van der Waals surface area (Å²) in [7, 11) is 0. The molecule has 196 valence electrons. The molecule has 1 atom stereocenters. The van der Waals surface area contributed by atoms with E-state index in [1.165, 1.54) is 11.0 Å². The quantitative estimate of drug-likeness (QED) is 0.438. The number of benzene rings is 1. The molecule has 3 heterocycles. The van der Waals surface area contributed by atoms with Gasteiger partial charge in [-0.3, -0.25) is 9.78 Å². The smallest absolute Gasteiger partial charge is 0.407 e. The highest BCUT2D eigenvalue weighted by molar-refractivity contribution is 7.81. The van der Waals surface area contributed by atoms with Gasteiger partial charge in [-0.25, -0.2) is 9.18 Å². The zero-order valence-corrected chi connectivity index (χ0v) is 21.3. The second-order valence-corrected chi connectivity index (χ2v) is 9.29. The first-order valence-electron chi connectivity index (χ1n) is 12.1. The van der Waals surface area contributed by atoms with Gasteiger partial charge in [0.1, 0.15) is 41.1 Å². The number of ether oxygens (including phenoxy) is 2. The Bertz CT molecular complexity index is 1220. The van der Waals surface area contributed by atoms with Gasteiger partial charge in [0.2, 0.25) is 0 Å². The highest BCUT2D eigenvalue weighted by atomic mass is 32.1. The number of rotatable bonds is 8. The summed E-state index contributed by atoms with van der Waals surface area (Å²) < 4.78 is 26.0. The van der Waals surface area contributed by atoms with Crippen molar-refractivity contribution in [2.75, 3.05) is 25.0 Å². The number of pyridine rings is 1. The lowest BCUT2D eigenvalue weighted by Gasteiger charge is -2.33. The van der Waals surface area contributed by atoms with Crippen LogP contribution in [0.25, 0.3) is 0 Å². The van der Waals surface area contributed by atoms with Gasteiger partial charge in [-0.1, -0.05) is 18.3 Å². The van der Waals surface area contributed by atoms with E-state index in [4.69, 9.17) is 21.7 Å². The van der Waals surface area contributed by atoms with Gasteiger partial charge in [-0.05, 0) is 44.4 Å². The maximum Gasteiger partial charge on any atom is 0.407 e. The third-order valence-electron chi connectivity index (χ3n) is 6.46. The molecular formula is C26H29FN4O5S. The molecule has 0 radical (unpaired) electrons. The van der Waals surface area contributed by atoms with Crippen LogP contribution >= 0.6 is 12.2 Å². The van der Waals surface area contributed by atoms with Crippen molar-refractivity contribution in [3.05, 3.63) is 64.9 Å². The monoisotopic (exact) mass is 528 g/mol. The van der Waals surface area contributed by atoms with Crippen molar-refractivity contribution in [3.63, 3.8) is 0 Å². The fourth-order valence-corrected chi connectivity index (χ4v) is 4.68. The van der Waals surface area contributed by atoms with Crippen LogP contribution in [0, 0.1) is 12.7 Å². The molecule has 1 aromatic carbocycles. The number of halogens is 1. The van der Waals surface area contributed by atoms with Gasteiger partial charge in [-0.15, -0.1) is 0 Å². The van der Waals surface area contributed by atoms with E-state index in [0.29, 0.717) is 47.8 Å². The Morgan fingerprint density at radius 2 is 2.16 bits per heavy atom. The van der Waals surface area contributed by atoms with E-state index in [1.54, 1.807) is 37.5 Å². The molecule has 0 bridgehead atoms. The van der Waals surface area contributed by atoms with Crippen LogP contribution in [-0.2, 0) is 16.1 Å². The number of carbonyl (C=O) groups is 2. The summed E-state index contributed by atoms with van der Waals surface area (Å²) in [5.74, 6) is 0.153. The lowest BCUT2D eigenvalue weighted by molar-refractivity contribution is -0.117. The highest BCUT2D eigenvalue weighted by Crippen LogP contribution is 2.26. The average molecular weight is 529 g/mol. The molecule has 0 spiro atoms. The van der Waals surface area contributed by atoms with Crippen molar-refractivity contribution < 1.29 is 28.6 Å². The fraction of sp³-hybridized carbons (Fsp3) is 0.385. The van der Waals surface area contributed by atoms with E-state index < -0.39 is 6.09 Å². The number of nitrogens with zero attached hydrogens (tertiary/aromatic N) is 2. The minimum Gasteiger partial charge on any atom is -0.492 e. The molecule has 2 aliphatic rings. The molecule has 0 unspecified atom stereocenters. The van der Waals surface area contributed by atoms with Crippen molar-refractivity contribution >= 4 is 34.9 Å². The second-order valence-electron chi connectivity index (χ2n) is 8.88. The molecular weight excluding hydrogens is 499 g/mol. The molecule has 2 amide bonds. The molecule has 1 aromatic heterocycles. The first kappa shape index (κ1) is 26.3. The van der Waals surface area contributed by atoms with Crippen molar-refractivity contribution in [2.24, 2.45) is 0 Å². The van der Waals surface area contributed by atoms with Crippen molar-refractivity contribution in [3.8, 4) is 5.75 Å². The Morgan fingerprint density at radius 3 is 2.97 bits per heavy atom. The number of nitrogens with one attached hydrogen (secondary N) is 2. The van der Waals surface area contributed by atoms with Crippen molar-refractivity contribution in [1.82, 2.24) is 15.2 Å². The molecule has 1 fully saturated rings. The third kappa shape index (κ3) is 6.34. The van der Waals surface area contributed by atoms with Crippen LogP contribution in [0.4, 0.5) is 14.9 Å². The number of carbonyl (C=O) groups excluding carboxylic acids is 1. The summed E-state index contributed by atoms with van der Waals surface area (Å²) in [5.41, 5.74) is 1.76. The fourth-order valence-electron chi connectivity index (χ4n) is 4.37. The predicted octanol–water partition coefficient (Wildman–Crippen LogP) is 4.17. The molecule has 0 aliphatic carbocycles. The third-order valence-corrected chi connectivity index (χ3v) is 6.77. The number of amides is 2. The first-order chi connectivity index (χ1) is 17.8. The Labute approximate surface area is 219 Å². The minimum absolute atomic E-state index is 0.0961. The topological polar surface area (TPSA) is 113 Å². The summed E-state index contributed by atoms with van der Waals surface area (Å²) in [4.78, 5) is 29.9. The number of hydrogen-bond donors (Lipinski definition) is 3. The number of thiocarbonyl (C=S) groups is 1. The van der Waals surface area contributed by atoms with Crippen molar-refractivity contribution in [1.29, 1.82) is 0 Å². The molecule has 0 saturated carbocycles. The number of hydrogen-bond acceptors (Lipinski definition) is 6. The average Bonchev–Trinajstić information content (AvgIpc) is 2.89. The Hall–Kier alpha value is -3.73. The van der Waals surface area contributed by atoms with Gasteiger partial charge in [-0.2, -0.15) is 0 Å². The summed E-state index contributed by atoms with van der Waals surface area (Å²) in [6.07, 6.45) is 5.18. The normalized spacial score (nSPS) is 17.7. The molecule has 9 nitrogen and oxygen atoms in total. The number of carboxylic acid groups (broad SMARTS) is 1. The number of aromatic nitrogens is 1. The summed E-state index contributed by atoms with van der Waals surface area (Å²) in [5, 5.41) is 15.2. The van der Waals surface area contributed by atoms with Crippen LogP contribution in [0.2, 0.25) is 0 Å². The molecule has 4 rings (SSSR count). The van der Waals surface area contributed by atoms with Gasteiger partial charge >= 0.3 is 6.09 Å². The highest BCUT2D eigenvalue weighted by Gasteiger charge is 2.28. The minimum atomic E-state index is -0.948. The lowest BCUT2D eigenvalue weighted by Crippen LogP contribution is -2.46. The number of piperidine rings is 1. The van der Waals surface area contributed by atoms with E-state index in [9.17, 15) is 19.1 Å². The lowest BCUT2D eigenvalue weighted by atomic mass is 10.0.